The van der Waals surface area contributed by atoms with Crippen LogP contribution in [0.15, 0.2) is 21.1 Å². The van der Waals surface area contributed by atoms with Crippen LogP contribution in [0.2, 0.25) is 0 Å². The molecule has 4 nitrogen and oxygen atoms in total. The molecule has 1 unspecified atom stereocenters. The van der Waals surface area contributed by atoms with E-state index in [0.29, 0.717) is 6.54 Å². The summed E-state index contributed by atoms with van der Waals surface area (Å²) < 4.78 is 7.42. The molecule has 0 aliphatic carbocycles. The van der Waals surface area contributed by atoms with Gasteiger partial charge in [0.25, 0.3) is 0 Å². The lowest BCUT2D eigenvalue weighted by atomic mass is 10.0. The lowest BCUT2D eigenvalue weighted by Gasteiger charge is -2.19. The number of hydrogen-bond donors (Lipinski definition) is 2. The number of nitrogens with one attached hydrogen (secondary N) is 1. The molecule has 1 rings (SSSR count). The Morgan fingerprint density at radius 3 is 2.14 bits per heavy atom. The molecule has 0 radical (unpaired) electrons. The Morgan fingerprint density at radius 1 is 1.24 bits per heavy atom. The molecule has 118 valence electrons. The zero-order valence-corrected chi connectivity index (χ0v) is 15.8. The van der Waals surface area contributed by atoms with Crippen molar-refractivity contribution in [3.63, 3.8) is 0 Å². The maximum Gasteiger partial charge on any atom is 0.320 e. The normalized spacial score (nSPS) is 12.8. The van der Waals surface area contributed by atoms with Gasteiger partial charge in [-0.1, -0.05) is 13.8 Å². The molecule has 0 saturated carbocycles. The summed E-state index contributed by atoms with van der Waals surface area (Å²) in [5, 5.41) is 12.2. The first-order valence-corrected chi connectivity index (χ1v) is 8.41. The first-order valence-electron chi connectivity index (χ1n) is 6.83. The summed E-state index contributed by atoms with van der Waals surface area (Å²) in [6, 6.07) is 3.32. The fourth-order valence-electron chi connectivity index (χ4n) is 1.90. The highest BCUT2D eigenvalue weighted by atomic mass is 79.9. The Labute approximate surface area is 142 Å². The van der Waals surface area contributed by atoms with E-state index in [1.807, 2.05) is 39.8 Å². The monoisotopic (exact) mass is 421 g/mol. The fraction of sp³-hybridized carbons (Fsp3) is 0.533. The second-order valence-corrected chi connectivity index (χ2v) is 7.20. The maximum absolute atomic E-state index is 11.2. The summed E-state index contributed by atoms with van der Waals surface area (Å²) in [7, 11) is 0. The molecule has 21 heavy (non-hydrogen) atoms. The van der Waals surface area contributed by atoms with Gasteiger partial charge >= 0.3 is 5.97 Å². The van der Waals surface area contributed by atoms with E-state index >= 15 is 0 Å². The molecule has 0 spiro atoms. The summed E-state index contributed by atoms with van der Waals surface area (Å²) in [5.41, 5.74) is 0.983. The lowest BCUT2D eigenvalue weighted by Crippen LogP contribution is -2.40. The van der Waals surface area contributed by atoms with Gasteiger partial charge in [0.15, 0.2) is 0 Å². The molecule has 0 aliphatic rings. The minimum atomic E-state index is -0.831. The number of ether oxygens (including phenoxy) is 1. The van der Waals surface area contributed by atoms with Crippen LogP contribution in [0.5, 0.6) is 5.75 Å². The van der Waals surface area contributed by atoms with Crippen LogP contribution >= 0.6 is 31.9 Å². The Kier molecular flexibility index (Phi) is 7.16. The molecule has 1 atom stereocenters. The van der Waals surface area contributed by atoms with Crippen molar-refractivity contribution in [1.29, 1.82) is 0 Å². The second-order valence-electron chi connectivity index (χ2n) is 5.50. The van der Waals surface area contributed by atoms with E-state index in [-0.39, 0.29) is 12.0 Å². The molecule has 0 aromatic heterocycles. The SMILES string of the molecule is CC(C)Oc1c(Br)cc(CNC(C(=O)O)C(C)C)cc1Br. The average molecular weight is 423 g/mol. The predicted molar refractivity (Wildman–Crippen MR) is 90.7 cm³/mol. The Bertz CT molecular complexity index is 481. The third-order valence-corrected chi connectivity index (χ3v) is 4.05. The smallest absolute Gasteiger partial charge is 0.320 e. The van der Waals surface area contributed by atoms with Crippen LogP contribution in [-0.2, 0) is 11.3 Å². The minimum Gasteiger partial charge on any atom is -0.489 e. The third-order valence-electron chi connectivity index (χ3n) is 2.87. The van der Waals surface area contributed by atoms with Gasteiger partial charge < -0.3 is 15.2 Å². The topological polar surface area (TPSA) is 58.6 Å². The summed E-state index contributed by atoms with van der Waals surface area (Å²) in [4.78, 5) is 11.2. The molecule has 0 saturated heterocycles. The molecule has 6 heteroatoms. The molecule has 0 bridgehead atoms. The van der Waals surface area contributed by atoms with E-state index in [0.717, 1.165) is 20.3 Å². The maximum atomic E-state index is 11.2. The van der Waals surface area contributed by atoms with Gasteiger partial charge in [-0.15, -0.1) is 0 Å². The quantitative estimate of drug-likeness (QED) is 0.691. The Balaban J connectivity index is 2.84. The van der Waals surface area contributed by atoms with Crippen LogP contribution in [-0.4, -0.2) is 23.2 Å². The standard InChI is InChI=1S/C15H21Br2NO3/c1-8(2)13(15(19)20)18-7-10-5-11(16)14(12(17)6-10)21-9(3)4/h5-6,8-9,13,18H,7H2,1-4H3,(H,19,20). The van der Waals surface area contributed by atoms with Crippen molar-refractivity contribution >= 4 is 37.8 Å². The first-order chi connectivity index (χ1) is 9.72. The summed E-state index contributed by atoms with van der Waals surface area (Å²) in [6.45, 7) is 8.19. The average Bonchev–Trinajstić information content (AvgIpc) is 2.33. The molecular weight excluding hydrogens is 402 g/mol. The van der Waals surface area contributed by atoms with Gasteiger partial charge in [0.05, 0.1) is 15.0 Å². The number of carboxylic acid groups (broad SMARTS) is 1. The number of carbonyl (C=O) groups is 1. The molecule has 0 fully saturated rings. The van der Waals surface area contributed by atoms with Gasteiger partial charge in [0, 0.05) is 6.54 Å². The number of aliphatic carboxylic acids is 1. The van der Waals surface area contributed by atoms with Gasteiger partial charge in [-0.05, 0) is 69.3 Å². The van der Waals surface area contributed by atoms with Crippen LogP contribution in [0, 0.1) is 5.92 Å². The van der Waals surface area contributed by atoms with Crippen molar-refractivity contribution in [1.82, 2.24) is 5.32 Å². The zero-order valence-electron chi connectivity index (χ0n) is 12.6. The van der Waals surface area contributed by atoms with Crippen molar-refractivity contribution in [2.75, 3.05) is 0 Å². The number of halogens is 2. The van der Waals surface area contributed by atoms with E-state index in [1.54, 1.807) is 0 Å². The van der Waals surface area contributed by atoms with Gasteiger partial charge in [0.1, 0.15) is 11.8 Å². The molecule has 1 aromatic rings. The van der Waals surface area contributed by atoms with Crippen LogP contribution in [0.25, 0.3) is 0 Å². The molecule has 0 aliphatic heterocycles. The van der Waals surface area contributed by atoms with E-state index in [2.05, 4.69) is 37.2 Å². The highest BCUT2D eigenvalue weighted by Crippen LogP contribution is 2.35. The highest BCUT2D eigenvalue weighted by Gasteiger charge is 2.20. The number of carboxylic acids is 1. The minimum absolute atomic E-state index is 0.0259. The van der Waals surface area contributed by atoms with E-state index in [1.165, 1.54) is 0 Å². The summed E-state index contributed by atoms with van der Waals surface area (Å²) in [5.74, 6) is -0.0479. The third kappa shape index (κ3) is 5.60. The molecule has 0 amide bonds. The van der Waals surface area contributed by atoms with E-state index < -0.39 is 12.0 Å². The van der Waals surface area contributed by atoms with Crippen molar-refractivity contribution in [3.8, 4) is 5.75 Å². The van der Waals surface area contributed by atoms with Crippen molar-refractivity contribution in [2.45, 2.75) is 46.4 Å². The fourth-order valence-corrected chi connectivity index (χ4v) is 3.37. The van der Waals surface area contributed by atoms with Crippen molar-refractivity contribution in [3.05, 3.63) is 26.6 Å². The molecular formula is C15H21Br2NO3. The molecule has 2 N–H and O–H groups in total. The Morgan fingerprint density at radius 2 is 1.76 bits per heavy atom. The highest BCUT2D eigenvalue weighted by molar-refractivity contribution is 9.11. The lowest BCUT2D eigenvalue weighted by molar-refractivity contribution is -0.140. The largest absolute Gasteiger partial charge is 0.489 e. The van der Waals surface area contributed by atoms with Gasteiger partial charge in [0.2, 0.25) is 0 Å². The van der Waals surface area contributed by atoms with E-state index in [9.17, 15) is 9.90 Å². The van der Waals surface area contributed by atoms with Crippen LogP contribution in [0.4, 0.5) is 0 Å². The first kappa shape index (κ1) is 18.5. The summed E-state index contributed by atoms with van der Waals surface area (Å²) in [6.07, 6.45) is 0.0823. The number of hydrogen-bond acceptors (Lipinski definition) is 3. The number of benzene rings is 1. The van der Waals surface area contributed by atoms with Crippen LogP contribution in [0.1, 0.15) is 33.3 Å². The summed E-state index contributed by atoms with van der Waals surface area (Å²) >= 11 is 6.98. The van der Waals surface area contributed by atoms with E-state index in [4.69, 9.17) is 4.74 Å². The zero-order chi connectivity index (χ0) is 16.2. The van der Waals surface area contributed by atoms with Crippen molar-refractivity contribution in [2.24, 2.45) is 5.92 Å². The van der Waals surface area contributed by atoms with Crippen LogP contribution < -0.4 is 10.1 Å². The molecule has 1 aromatic carbocycles. The van der Waals surface area contributed by atoms with Gasteiger partial charge in [-0.25, -0.2) is 0 Å². The predicted octanol–water partition coefficient (Wildman–Crippen LogP) is 4.20. The molecule has 0 heterocycles. The Hall–Kier alpha value is -0.590. The van der Waals surface area contributed by atoms with Gasteiger partial charge in [-0.3, -0.25) is 4.79 Å². The number of rotatable bonds is 7. The second kappa shape index (κ2) is 8.15. The van der Waals surface area contributed by atoms with Crippen molar-refractivity contribution < 1.29 is 14.6 Å². The van der Waals surface area contributed by atoms with Gasteiger partial charge in [-0.2, -0.15) is 0 Å². The van der Waals surface area contributed by atoms with Crippen LogP contribution in [0.3, 0.4) is 0 Å².